The second-order valence-electron chi connectivity index (χ2n) is 4.31. The van der Waals surface area contributed by atoms with Crippen molar-refractivity contribution < 1.29 is 9.59 Å². The quantitative estimate of drug-likeness (QED) is 0.675. The topological polar surface area (TPSA) is 52.0 Å². The van der Waals surface area contributed by atoms with Crippen LogP contribution < -0.4 is 0 Å². The predicted molar refractivity (Wildman–Crippen MR) is 70.8 cm³/mol. The normalized spacial score (nSPS) is 13.4. The van der Waals surface area contributed by atoms with E-state index in [4.69, 9.17) is 11.6 Å². The first-order valence-electron chi connectivity index (χ1n) is 6.02. The molecule has 1 aromatic heterocycles. The molecule has 1 aliphatic rings. The first kappa shape index (κ1) is 12.1. The molecule has 0 saturated carbocycles. The Hall–Kier alpha value is -1.94. The van der Waals surface area contributed by atoms with E-state index in [0.29, 0.717) is 29.2 Å². The fourth-order valence-electron chi connectivity index (χ4n) is 2.46. The summed E-state index contributed by atoms with van der Waals surface area (Å²) in [6.45, 7) is 2.46. The summed E-state index contributed by atoms with van der Waals surface area (Å²) in [6, 6.07) is 6.83. The van der Waals surface area contributed by atoms with Crippen LogP contribution in [0.25, 0.3) is 0 Å². The summed E-state index contributed by atoms with van der Waals surface area (Å²) in [6.07, 6.45) is 0. The van der Waals surface area contributed by atoms with Crippen molar-refractivity contribution in [1.29, 1.82) is 0 Å². The van der Waals surface area contributed by atoms with Gasteiger partial charge in [-0.3, -0.25) is 9.59 Å². The number of imidazole rings is 1. The SMILES string of the molecule is CCn1c(CCl)nc2c1C(=O)c1ccccc1C2=O. The first-order valence-corrected chi connectivity index (χ1v) is 6.56. The zero-order valence-corrected chi connectivity index (χ0v) is 11.1. The van der Waals surface area contributed by atoms with Crippen molar-refractivity contribution in [3.63, 3.8) is 0 Å². The average molecular weight is 275 g/mol. The Balaban J connectivity index is 2.31. The molecule has 0 unspecified atom stereocenters. The summed E-state index contributed by atoms with van der Waals surface area (Å²) in [5.41, 5.74) is 1.45. The molecule has 2 aromatic rings. The smallest absolute Gasteiger partial charge is 0.214 e. The lowest BCUT2D eigenvalue weighted by Gasteiger charge is -2.15. The van der Waals surface area contributed by atoms with Gasteiger partial charge in [-0.1, -0.05) is 24.3 Å². The molecule has 96 valence electrons. The Morgan fingerprint density at radius 1 is 1.16 bits per heavy atom. The number of hydrogen-bond acceptors (Lipinski definition) is 3. The van der Waals surface area contributed by atoms with Gasteiger partial charge in [-0.2, -0.15) is 0 Å². The zero-order chi connectivity index (χ0) is 13.6. The van der Waals surface area contributed by atoms with Gasteiger partial charge in [-0.05, 0) is 6.92 Å². The second kappa shape index (κ2) is 4.31. The molecule has 1 aromatic carbocycles. The van der Waals surface area contributed by atoms with E-state index in [1.165, 1.54) is 0 Å². The minimum absolute atomic E-state index is 0.157. The summed E-state index contributed by atoms with van der Waals surface area (Å²) in [4.78, 5) is 29.1. The maximum atomic E-state index is 12.5. The molecule has 0 atom stereocenters. The van der Waals surface area contributed by atoms with Gasteiger partial charge in [0.25, 0.3) is 0 Å². The van der Waals surface area contributed by atoms with E-state index in [-0.39, 0.29) is 23.1 Å². The van der Waals surface area contributed by atoms with Gasteiger partial charge in [0, 0.05) is 17.7 Å². The van der Waals surface area contributed by atoms with Gasteiger partial charge >= 0.3 is 0 Å². The highest BCUT2D eigenvalue weighted by Gasteiger charge is 2.34. The minimum Gasteiger partial charge on any atom is -0.324 e. The number of rotatable bonds is 2. The molecule has 0 radical (unpaired) electrons. The maximum absolute atomic E-state index is 12.5. The summed E-state index contributed by atoms with van der Waals surface area (Å²) in [5, 5.41) is 0. The maximum Gasteiger partial charge on any atom is 0.214 e. The molecule has 4 nitrogen and oxygen atoms in total. The summed E-state index contributed by atoms with van der Waals surface area (Å²) < 4.78 is 1.72. The second-order valence-corrected chi connectivity index (χ2v) is 4.57. The van der Waals surface area contributed by atoms with Gasteiger partial charge in [-0.15, -0.1) is 11.6 Å². The van der Waals surface area contributed by atoms with Gasteiger partial charge in [0.05, 0.1) is 5.88 Å². The molecule has 1 heterocycles. The molecule has 0 spiro atoms. The average Bonchev–Trinajstić information content (AvgIpc) is 2.83. The summed E-state index contributed by atoms with van der Waals surface area (Å²) >= 11 is 5.83. The molecular weight excluding hydrogens is 264 g/mol. The number of ketones is 2. The van der Waals surface area contributed by atoms with Gasteiger partial charge in [0.15, 0.2) is 0 Å². The number of nitrogens with zero attached hydrogens (tertiary/aromatic N) is 2. The number of fused-ring (bicyclic) bond motifs is 2. The van der Waals surface area contributed by atoms with Crippen molar-refractivity contribution in [3.8, 4) is 0 Å². The van der Waals surface area contributed by atoms with Crippen LogP contribution in [-0.4, -0.2) is 21.1 Å². The van der Waals surface area contributed by atoms with Crippen molar-refractivity contribution >= 4 is 23.2 Å². The van der Waals surface area contributed by atoms with Crippen LogP contribution in [0.3, 0.4) is 0 Å². The largest absolute Gasteiger partial charge is 0.324 e. The van der Waals surface area contributed by atoms with Crippen molar-refractivity contribution in [1.82, 2.24) is 9.55 Å². The lowest BCUT2D eigenvalue weighted by atomic mass is 9.90. The highest BCUT2D eigenvalue weighted by Crippen LogP contribution is 2.28. The number of carbonyl (C=O) groups is 2. The molecule has 0 fully saturated rings. The third kappa shape index (κ3) is 1.56. The van der Waals surface area contributed by atoms with E-state index in [2.05, 4.69) is 4.98 Å². The number of alkyl halides is 1. The lowest BCUT2D eigenvalue weighted by molar-refractivity contribution is 0.0971. The van der Waals surface area contributed by atoms with E-state index in [9.17, 15) is 9.59 Å². The molecule has 19 heavy (non-hydrogen) atoms. The number of halogens is 1. The van der Waals surface area contributed by atoms with Crippen molar-refractivity contribution in [2.45, 2.75) is 19.3 Å². The molecule has 0 amide bonds. The minimum atomic E-state index is -0.205. The van der Waals surface area contributed by atoms with E-state index >= 15 is 0 Å². The van der Waals surface area contributed by atoms with E-state index in [1.54, 1.807) is 28.8 Å². The lowest BCUT2D eigenvalue weighted by Crippen LogP contribution is -2.23. The number of aromatic nitrogens is 2. The standard InChI is InChI=1S/C14H11ClN2O2/c1-2-17-10(7-15)16-11-12(17)14(19)9-6-4-3-5-8(9)13(11)18/h3-6H,2,7H2,1H3. The highest BCUT2D eigenvalue weighted by atomic mass is 35.5. The zero-order valence-electron chi connectivity index (χ0n) is 10.3. The van der Waals surface area contributed by atoms with Crippen LogP contribution in [0.4, 0.5) is 0 Å². The fourth-order valence-corrected chi connectivity index (χ4v) is 2.67. The Labute approximate surface area is 115 Å². The molecular formula is C14H11ClN2O2. The van der Waals surface area contributed by atoms with Gasteiger partial charge in [0.2, 0.25) is 11.6 Å². The van der Waals surface area contributed by atoms with Crippen molar-refractivity contribution in [2.75, 3.05) is 0 Å². The van der Waals surface area contributed by atoms with Gasteiger partial charge in [-0.25, -0.2) is 4.98 Å². The van der Waals surface area contributed by atoms with Gasteiger partial charge < -0.3 is 4.57 Å². The summed E-state index contributed by atoms with van der Waals surface area (Å²) in [7, 11) is 0. The molecule has 3 rings (SSSR count). The van der Waals surface area contributed by atoms with Crippen LogP contribution in [-0.2, 0) is 12.4 Å². The molecule has 0 bridgehead atoms. The van der Waals surface area contributed by atoms with E-state index in [1.807, 2.05) is 6.92 Å². The third-order valence-corrected chi connectivity index (χ3v) is 3.57. The fraction of sp³-hybridized carbons (Fsp3) is 0.214. The first-order chi connectivity index (χ1) is 9.19. The van der Waals surface area contributed by atoms with Crippen LogP contribution in [0, 0.1) is 0 Å². The Morgan fingerprint density at radius 2 is 1.79 bits per heavy atom. The molecule has 0 aliphatic heterocycles. The number of hydrogen-bond donors (Lipinski definition) is 0. The highest BCUT2D eigenvalue weighted by molar-refractivity contribution is 6.27. The number of carbonyl (C=O) groups excluding carboxylic acids is 2. The third-order valence-electron chi connectivity index (χ3n) is 3.33. The van der Waals surface area contributed by atoms with Crippen molar-refractivity contribution in [2.24, 2.45) is 0 Å². The van der Waals surface area contributed by atoms with Gasteiger partial charge in [0.1, 0.15) is 17.2 Å². The van der Waals surface area contributed by atoms with Crippen LogP contribution in [0.5, 0.6) is 0 Å². The molecule has 0 saturated heterocycles. The Kier molecular flexibility index (Phi) is 2.75. The Bertz CT molecular complexity index is 703. The van der Waals surface area contributed by atoms with Crippen LogP contribution in [0.15, 0.2) is 24.3 Å². The van der Waals surface area contributed by atoms with Crippen molar-refractivity contribution in [3.05, 3.63) is 52.6 Å². The van der Waals surface area contributed by atoms with Crippen LogP contribution >= 0.6 is 11.6 Å². The van der Waals surface area contributed by atoms with Crippen LogP contribution in [0.1, 0.15) is 44.9 Å². The number of benzene rings is 1. The monoisotopic (exact) mass is 274 g/mol. The van der Waals surface area contributed by atoms with E-state index in [0.717, 1.165) is 0 Å². The summed E-state index contributed by atoms with van der Waals surface area (Å²) in [5.74, 6) is 0.376. The molecule has 1 aliphatic carbocycles. The molecule has 5 heteroatoms. The Morgan fingerprint density at radius 3 is 2.37 bits per heavy atom. The predicted octanol–water partition coefficient (Wildman–Crippen LogP) is 2.42. The molecule has 0 N–H and O–H groups in total. The van der Waals surface area contributed by atoms with Crippen LogP contribution in [0.2, 0.25) is 0 Å². The van der Waals surface area contributed by atoms with E-state index < -0.39 is 0 Å².